The second-order valence-corrected chi connectivity index (χ2v) is 5.19. The summed E-state index contributed by atoms with van der Waals surface area (Å²) in [5, 5.41) is 12.4. The second-order valence-electron chi connectivity index (χ2n) is 5.19. The molecule has 0 heterocycles. The van der Waals surface area contributed by atoms with Crippen LogP contribution in [0, 0.1) is 11.7 Å². The highest BCUT2D eigenvalue weighted by Gasteiger charge is 2.26. The Balaban J connectivity index is 1.77. The summed E-state index contributed by atoms with van der Waals surface area (Å²) < 4.78 is 13.4. The third kappa shape index (κ3) is 4.03. The van der Waals surface area contributed by atoms with Crippen LogP contribution in [0.4, 0.5) is 4.39 Å². The normalized spacial score (nSPS) is 23.2. The Morgan fingerprint density at radius 1 is 1.37 bits per heavy atom. The van der Waals surface area contributed by atoms with Gasteiger partial charge in [0.2, 0.25) is 0 Å². The molecule has 0 saturated heterocycles. The van der Waals surface area contributed by atoms with Crippen molar-refractivity contribution < 1.29 is 14.3 Å². The van der Waals surface area contributed by atoms with E-state index in [1.807, 2.05) is 6.07 Å². The molecule has 0 radical (unpaired) electrons. The molecular formula is C15H20FNO2. The maximum absolute atomic E-state index is 13.4. The first kappa shape index (κ1) is 14.0. The van der Waals surface area contributed by atoms with Crippen molar-refractivity contribution >= 4 is 5.97 Å². The summed E-state index contributed by atoms with van der Waals surface area (Å²) in [6.45, 7) is 0.692. The standard InChI is InChI=1S/C15H20FNO2/c16-14-7-2-1-4-11(14)8-9-17-13-6-3-5-12(10-13)15(18)19/h1-2,4,7,12-13,17H,3,5-6,8-10H2,(H,18,19). The van der Waals surface area contributed by atoms with Crippen molar-refractivity contribution in [3.8, 4) is 0 Å². The number of carboxylic acids is 1. The van der Waals surface area contributed by atoms with E-state index in [-0.39, 0.29) is 17.8 Å². The fraction of sp³-hybridized carbons (Fsp3) is 0.533. The third-order valence-electron chi connectivity index (χ3n) is 3.81. The molecule has 0 bridgehead atoms. The monoisotopic (exact) mass is 265 g/mol. The van der Waals surface area contributed by atoms with Gasteiger partial charge < -0.3 is 10.4 Å². The average molecular weight is 265 g/mol. The van der Waals surface area contributed by atoms with Crippen LogP contribution in [0.25, 0.3) is 0 Å². The minimum absolute atomic E-state index is 0.170. The molecule has 19 heavy (non-hydrogen) atoms. The quantitative estimate of drug-likeness (QED) is 0.860. The summed E-state index contributed by atoms with van der Waals surface area (Å²) in [6.07, 6.45) is 4.07. The molecule has 1 aromatic carbocycles. The van der Waals surface area contributed by atoms with Crippen molar-refractivity contribution in [3.63, 3.8) is 0 Å². The molecule has 4 heteroatoms. The number of hydrogen-bond donors (Lipinski definition) is 2. The van der Waals surface area contributed by atoms with Crippen LogP contribution in [-0.4, -0.2) is 23.7 Å². The predicted molar refractivity (Wildman–Crippen MR) is 71.5 cm³/mol. The van der Waals surface area contributed by atoms with Gasteiger partial charge in [0, 0.05) is 6.04 Å². The Morgan fingerprint density at radius 3 is 2.89 bits per heavy atom. The number of rotatable bonds is 5. The van der Waals surface area contributed by atoms with Crippen molar-refractivity contribution in [1.29, 1.82) is 0 Å². The van der Waals surface area contributed by atoms with Crippen molar-refractivity contribution in [2.24, 2.45) is 5.92 Å². The first-order valence-electron chi connectivity index (χ1n) is 6.86. The first-order valence-corrected chi connectivity index (χ1v) is 6.86. The highest BCUT2D eigenvalue weighted by molar-refractivity contribution is 5.70. The molecule has 2 atom stereocenters. The van der Waals surface area contributed by atoms with Crippen molar-refractivity contribution in [2.45, 2.75) is 38.1 Å². The number of hydrogen-bond acceptors (Lipinski definition) is 2. The van der Waals surface area contributed by atoms with Crippen molar-refractivity contribution in [2.75, 3.05) is 6.54 Å². The molecule has 1 saturated carbocycles. The van der Waals surface area contributed by atoms with Gasteiger partial charge in [0.05, 0.1) is 5.92 Å². The molecular weight excluding hydrogens is 245 g/mol. The van der Waals surface area contributed by atoms with Gasteiger partial charge in [0.25, 0.3) is 0 Å². The van der Waals surface area contributed by atoms with Gasteiger partial charge in [0.1, 0.15) is 5.82 Å². The minimum Gasteiger partial charge on any atom is -0.481 e. The highest BCUT2D eigenvalue weighted by atomic mass is 19.1. The lowest BCUT2D eigenvalue weighted by molar-refractivity contribution is -0.143. The van der Waals surface area contributed by atoms with Gasteiger partial charge in [0.15, 0.2) is 0 Å². The van der Waals surface area contributed by atoms with Crippen LogP contribution in [-0.2, 0) is 11.2 Å². The van der Waals surface area contributed by atoms with E-state index in [9.17, 15) is 9.18 Å². The lowest BCUT2D eigenvalue weighted by atomic mass is 9.86. The summed E-state index contributed by atoms with van der Waals surface area (Å²) in [7, 11) is 0. The number of carbonyl (C=O) groups is 1. The average Bonchev–Trinajstić information content (AvgIpc) is 2.41. The second kappa shape index (κ2) is 6.66. The molecule has 1 fully saturated rings. The summed E-state index contributed by atoms with van der Waals surface area (Å²) in [5.74, 6) is -1.09. The van der Waals surface area contributed by atoms with Crippen LogP contribution in [0.5, 0.6) is 0 Å². The SMILES string of the molecule is O=C(O)C1CCCC(NCCc2ccccc2F)C1. The van der Waals surface area contributed by atoms with Crippen LogP contribution in [0.1, 0.15) is 31.2 Å². The smallest absolute Gasteiger partial charge is 0.306 e. The van der Waals surface area contributed by atoms with Crippen molar-refractivity contribution in [3.05, 3.63) is 35.6 Å². The Labute approximate surface area is 112 Å². The fourth-order valence-electron chi connectivity index (χ4n) is 2.71. The van der Waals surface area contributed by atoms with E-state index >= 15 is 0 Å². The Bertz CT molecular complexity index is 436. The molecule has 1 aromatic rings. The van der Waals surface area contributed by atoms with Crippen LogP contribution in [0.15, 0.2) is 24.3 Å². The van der Waals surface area contributed by atoms with Gasteiger partial charge >= 0.3 is 5.97 Å². The summed E-state index contributed by atoms with van der Waals surface area (Å²) in [4.78, 5) is 11.0. The molecule has 2 unspecified atom stereocenters. The molecule has 2 N–H and O–H groups in total. The Hall–Kier alpha value is -1.42. The summed E-state index contributed by atoms with van der Waals surface area (Å²) >= 11 is 0. The van der Waals surface area contributed by atoms with Crippen LogP contribution >= 0.6 is 0 Å². The van der Waals surface area contributed by atoms with Gasteiger partial charge in [-0.15, -0.1) is 0 Å². The van der Waals surface area contributed by atoms with E-state index < -0.39 is 5.97 Å². The Morgan fingerprint density at radius 2 is 2.16 bits per heavy atom. The molecule has 2 rings (SSSR count). The minimum atomic E-state index is -0.694. The van der Waals surface area contributed by atoms with Gasteiger partial charge in [-0.3, -0.25) is 4.79 Å². The molecule has 1 aliphatic carbocycles. The molecule has 0 amide bonds. The zero-order chi connectivity index (χ0) is 13.7. The van der Waals surface area contributed by atoms with Gasteiger partial charge in [-0.25, -0.2) is 4.39 Å². The van der Waals surface area contributed by atoms with E-state index in [0.717, 1.165) is 19.3 Å². The lowest BCUT2D eigenvalue weighted by Gasteiger charge is -2.27. The number of halogens is 1. The maximum Gasteiger partial charge on any atom is 0.306 e. The van der Waals surface area contributed by atoms with Gasteiger partial charge in [-0.05, 0) is 43.9 Å². The van der Waals surface area contributed by atoms with Crippen molar-refractivity contribution in [1.82, 2.24) is 5.32 Å². The zero-order valence-electron chi connectivity index (χ0n) is 10.9. The maximum atomic E-state index is 13.4. The van der Waals surface area contributed by atoms with E-state index in [1.54, 1.807) is 12.1 Å². The number of benzene rings is 1. The molecule has 1 aliphatic rings. The number of carboxylic acid groups (broad SMARTS) is 1. The Kier molecular flexibility index (Phi) is 4.91. The van der Waals surface area contributed by atoms with E-state index in [1.165, 1.54) is 6.07 Å². The molecule has 0 aliphatic heterocycles. The number of aliphatic carboxylic acids is 1. The van der Waals surface area contributed by atoms with Crippen LogP contribution < -0.4 is 5.32 Å². The molecule has 0 aromatic heterocycles. The fourth-order valence-corrected chi connectivity index (χ4v) is 2.71. The number of nitrogens with one attached hydrogen (secondary N) is 1. The predicted octanol–water partition coefficient (Wildman–Crippen LogP) is 2.60. The van der Waals surface area contributed by atoms with E-state index in [0.29, 0.717) is 24.9 Å². The summed E-state index contributed by atoms with van der Waals surface area (Å²) in [5.41, 5.74) is 0.709. The van der Waals surface area contributed by atoms with Gasteiger partial charge in [-0.1, -0.05) is 24.6 Å². The van der Waals surface area contributed by atoms with Crippen LogP contribution in [0.3, 0.4) is 0 Å². The third-order valence-corrected chi connectivity index (χ3v) is 3.81. The van der Waals surface area contributed by atoms with Crippen LogP contribution in [0.2, 0.25) is 0 Å². The van der Waals surface area contributed by atoms with E-state index in [4.69, 9.17) is 5.11 Å². The molecule has 0 spiro atoms. The lowest BCUT2D eigenvalue weighted by Crippen LogP contribution is -2.37. The van der Waals surface area contributed by atoms with E-state index in [2.05, 4.69) is 5.32 Å². The topological polar surface area (TPSA) is 49.3 Å². The highest BCUT2D eigenvalue weighted by Crippen LogP contribution is 2.24. The molecule has 3 nitrogen and oxygen atoms in total. The largest absolute Gasteiger partial charge is 0.481 e. The summed E-state index contributed by atoms with van der Waals surface area (Å²) in [6, 6.07) is 7.03. The first-order chi connectivity index (χ1) is 9.16. The zero-order valence-corrected chi connectivity index (χ0v) is 10.9. The van der Waals surface area contributed by atoms with Gasteiger partial charge in [-0.2, -0.15) is 0 Å². The molecule has 104 valence electrons.